The van der Waals surface area contributed by atoms with Gasteiger partial charge in [-0.25, -0.2) is 4.39 Å². The molecule has 0 radical (unpaired) electrons. The summed E-state index contributed by atoms with van der Waals surface area (Å²) in [6.07, 6.45) is 1.33. The number of hydrogen-bond acceptors (Lipinski definition) is 2. The van der Waals surface area contributed by atoms with Crippen LogP contribution in [-0.4, -0.2) is 35.8 Å². The van der Waals surface area contributed by atoms with Crippen LogP contribution in [0.4, 0.5) is 4.39 Å². The molecule has 2 rings (SSSR count). The van der Waals surface area contributed by atoms with Gasteiger partial charge in [-0.1, -0.05) is 31.5 Å². The van der Waals surface area contributed by atoms with E-state index in [9.17, 15) is 14.0 Å². The maximum atomic E-state index is 13.7. The van der Waals surface area contributed by atoms with E-state index < -0.39 is 11.7 Å². The van der Waals surface area contributed by atoms with Crippen LogP contribution in [0.5, 0.6) is 0 Å². The Hall–Kier alpha value is -1.62. The van der Waals surface area contributed by atoms with E-state index in [4.69, 9.17) is 11.6 Å². The molecule has 1 heterocycles. The highest BCUT2D eigenvalue weighted by atomic mass is 35.5. The van der Waals surface area contributed by atoms with E-state index in [1.54, 1.807) is 0 Å². The summed E-state index contributed by atoms with van der Waals surface area (Å²) in [7, 11) is 0. The molecule has 0 aliphatic carbocycles. The van der Waals surface area contributed by atoms with E-state index >= 15 is 0 Å². The van der Waals surface area contributed by atoms with Crippen molar-refractivity contribution in [3.05, 3.63) is 34.6 Å². The number of nitrogens with one attached hydrogen (secondary N) is 1. The number of hydrogen-bond donors (Lipinski definition) is 1. The molecule has 0 saturated carbocycles. The number of piperidine rings is 1. The second-order valence-corrected chi connectivity index (χ2v) is 6.23. The molecule has 1 aliphatic rings. The molecule has 0 aromatic heterocycles. The van der Waals surface area contributed by atoms with E-state index in [0.29, 0.717) is 25.9 Å². The molecular formula is C16H20ClFN2O2. The van der Waals surface area contributed by atoms with Gasteiger partial charge in [0, 0.05) is 25.0 Å². The molecule has 1 aromatic carbocycles. The minimum Gasteiger partial charge on any atom is -0.349 e. The molecule has 4 nitrogen and oxygen atoms in total. The van der Waals surface area contributed by atoms with Crippen LogP contribution in [0.2, 0.25) is 5.02 Å². The first-order valence-corrected chi connectivity index (χ1v) is 7.81. The normalized spacial score (nSPS) is 16.0. The molecule has 22 heavy (non-hydrogen) atoms. The summed E-state index contributed by atoms with van der Waals surface area (Å²) in [5, 5.41) is 2.91. The van der Waals surface area contributed by atoms with Crippen LogP contribution in [0.3, 0.4) is 0 Å². The largest absolute Gasteiger partial charge is 0.349 e. The van der Waals surface area contributed by atoms with Gasteiger partial charge in [0.2, 0.25) is 5.91 Å². The minimum absolute atomic E-state index is 0.0247. The highest BCUT2D eigenvalue weighted by molar-refractivity contribution is 6.33. The fraction of sp³-hybridized carbons (Fsp3) is 0.500. The first kappa shape index (κ1) is 16.7. The van der Waals surface area contributed by atoms with Crippen LogP contribution in [-0.2, 0) is 4.79 Å². The molecule has 0 atom stereocenters. The Balaban J connectivity index is 1.94. The van der Waals surface area contributed by atoms with E-state index in [0.717, 1.165) is 0 Å². The number of carbonyl (C=O) groups is 2. The number of carbonyl (C=O) groups excluding carboxylic acids is 2. The monoisotopic (exact) mass is 326 g/mol. The molecule has 120 valence electrons. The smallest absolute Gasteiger partial charge is 0.255 e. The number of amides is 2. The third kappa shape index (κ3) is 3.77. The molecule has 1 fully saturated rings. The molecule has 1 aliphatic heterocycles. The molecule has 1 N–H and O–H groups in total. The van der Waals surface area contributed by atoms with Crippen molar-refractivity contribution in [3.63, 3.8) is 0 Å². The third-order valence-corrected chi connectivity index (χ3v) is 4.14. The Morgan fingerprint density at radius 1 is 1.32 bits per heavy atom. The van der Waals surface area contributed by atoms with Gasteiger partial charge in [0.15, 0.2) is 0 Å². The van der Waals surface area contributed by atoms with Gasteiger partial charge in [-0.05, 0) is 25.0 Å². The number of likely N-dealkylation sites (tertiary alicyclic amines) is 1. The third-order valence-electron chi connectivity index (χ3n) is 3.83. The van der Waals surface area contributed by atoms with Gasteiger partial charge in [-0.2, -0.15) is 0 Å². The van der Waals surface area contributed by atoms with Gasteiger partial charge in [-0.3, -0.25) is 9.59 Å². The summed E-state index contributed by atoms with van der Waals surface area (Å²) in [5.41, 5.74) is -0.121. The van der Waals surface area contributed by atoms with Crippen LogP contribution in [0.15, 0.2) is 18.2 Å². The fourth-order valence-corrected chi connectivity index (χ4v) is 2.83. The Bertz CT molecular complexity index is 549. The second kappa shape index (κ2) is 7.09. The van der Waals surface area contributed by atoms with Crippen molar-refractivity contribution >= 4 is 23.4 Å². The molecule has 0 bridgehead atoms. The number of nitrogens with zero attached hydrogens (tertiary/aromatic N) is 1. The molecule has 6 heteroatoms. The van der Waals surface area contributed by atoms with Crippen molar-refractivity contribution in [2.45, 2.75) is 32.7 Å². The molecule has 1 saturated heterocycles. The zero-order valence-electron chi connectivity index (χ0n) is 12.7. The van der Waals surface area contributed by atoms with Gasteiger partial charge in [0.1, 0.15) is 5.82 Å². The predicted octanol–water partition coefficient (Wildman–Crippen LogP) is 2.86. The minimum atomic E-state index is -0.627. The van der Waals surface area contributed by atoms with Crippen molar-refractivity contribution in [2.24, 2.45) is 5.92 Å². The van der Waals surface area contributed by atoms with Gasteiger partial charge < -0.3 is 10.2 Å². The average Bonchev–Trinajstić information content (AvgIpc) is 2.47. The number of benzene rings is 1. The maximum Gasteiger partial charge on any atom is 0.255 e. The Morgan fingerprint density at radius 3 is 2.50 bits per heavy atom. The summed E-state index contributed by atoms with van der Waals surface area (Å²) in [4.78, 5) is 25.9. The first-order chi connectivity index (χ1) is 10.4. The second-order valence-electron chi connectivity index (χ2n) is 5.82. The van der Waals surface area contributed by atoms with Crippen molar-refractivity contribution in [1.29, 1.82) is 0 Å². The van der Waals surface area contributed by atoms with Gasteiger partial charge in [0.25, 0.3) is 5.91 Å². The van der Waals surface area contributed by atoms with Crippen LogP contribution in [0.1, 0.15) is 37.0 Å². The van der Waals surface area contributed by atoms with Crippen molar-refractivity contribution < 1.29 is 14.0 Å². The SMILES string of the molecule is CC(C)C(=O)N1CCC(NC(=O)c2c(F)cccc2Cl)CC1. The summed E-state index contributed by atoms with van der Waals surface area (Å²) >= 11 is 5.89. The summed E-state index contributed by atoms with van der Waals surface area (Å²) in [6.45, 7) is 4.95. The predicted molar refractivity (Wildman–Crippen MR) is 83.3 cm³/mol. The summed E-state index contributed by atoms with van der Waals surface area (Å²) in [5.74, 6) is -1.03. The summed E-state index contributed by atoms with van der Waals surface area (Å²) < 4.78 is 13.7. The highest BCUT2D eigenvalue weighted by Gasteiger charge is 2.26. The zero-order chi connectivity index (χ0) is 16.3. The maximum absolute atomic E-state index is 13.7. The van der Waals surface area contributed by atoms with Crippen molar-refractivity contribution in [3.8, 4) is 0 Å². The number of rotatable bonds is 3. The van der Waals surface area contributed by atoms with E-state index in [1.165, 1.54) is 18.2 Å². The quantitative estimate of drug-likeness (QED) is 0.928. The Kier molecular flexibility index (Phi) is 5.40. The van der Waals surface area contributed by atoms with E-state index in [-0.39, 0.29) is 28.5 Å². The van der Waals surface area contributed by atoms with E-state index in [2.05, 4.69) is 5.32 Å². The van der Waals surface area contributed by atoms with Crippen molar-refractivity contribution in [1.82, 2.24) is 10.2 Å². The number of halogens is 2. The molecule has 0 unspecified atom stereocenters. The van der Waals surface area contributed by atoms with Crippen LogP contribution < -0.4 is 5.32 Å². The van der Waals surface area contributed by atoms with E-state index in [1.807, 2.05) is 18.7 Å². The molecular weight excluding hydrogens is 307 g/mol. The molecule has 1 aromatic rings. The molecule has 2 amide bonds. The van der Waals surface area contributed by atoms with Crippen LogP contribution in [0, 0.1) is 11.7 Å². The first-order valence-electron chi connectivity index (χ1n) is 7.43. The molecule has 0 spiro atoms. The average molecular weight is 327 g/mol. The lowest BCUT2D eigenvalue weighted by molar-refractivity contribution is -0.135. The van der Waals surface area contributed by atoms with Crippen LogP contribution >= 0.6 is 11.6 Å². The van der Waals surface area contributed by atoms with Gasteiger partial charge in [0.05, 0.1) is 10.6 Å². The van der Waals surface area contributed by atoms with Crippen LogP contribution in [0.25, 0.3) is 0 Å². The topological polar surface area (TPSA) is 49.4 Å². The lowest BCUT2D eigenvalue weighted by Crippen LogP contribution is -2.47. The van der Waals surface area contributed by atoms with Crippen molar-refractivity contribution in [2.75, 3.05) is 13.1 Å². The zero-order valence-corrected chi connectivity index (χ0v) is 13.5. The Morgan fingerprint density at radius 2 is 1.95 bits per heavy atom. The van der Waals surface area contributed by atoms with Gasteiger partial charge in [-0.15, -0.1) is 0 Å². The van der Waals surface area contributed by atoms with Gasteiger partial charge >= 0.3 is 0 Å². The standard InChI is InChI=1S/C16H20ClFN2O2/c1-10(2)16(22)20-8-6-11(7-9-20)19-15(21)14-12(17)4-3-5-13(14)18/h3-5,10-11H,6-9H2,1-2H3,(H,19,21). The Labute approximate surface area is 134 Å². The lowest BCUT2D eigenvalue weighted by atomic mass is 10.0. The highest BCUT2D eigenvalue weighted by Crippen LogP contribution is 2.20. The summed E-state index contributed by atoms with van der Waals surface area (Å²) in [6, 6.07) is 4.10. The lowest BCUT2D eigenvalue weighted by Gasteiger charge is -2.33. The fourth-order valence-electron chi connectivity index (χ4n) is 2.58.